The third-order valence-electron chi connectivity index (χ3n) is 1.75. The largest absolute Gasteiger partial charge is 0.431 e. The van der Waals surface area contributed by atoms with Crippen molar-refractivity contribution in [3.8, 4) is 10.9 Å². The Morgan fingerprint density at radius 3 is 2.88 bits per heavy atom. The van der Waals surface area contributed by atoms with Crippen LogP contribution < -0.4 is 4.74 Å². The maximum absolute atomic E-state index is 13.2. The first-order chi connectivity index (χ1) is 8.06. The van der Waals surface area contributed by atoms with E-state index < -0.39 is 10.7 Å². The molecular formula is C9H4BrFN2O3S. The van der Waals surface area contributed by atoms with E-state index in [1.165, 1.54) is 12.1 Å². The summed E-state index contributed by atoms with van der Waals surface area (Å²) in [5.74, 6) is -0.247. The summed E-state index contributed by atoms with van der Waals surface area (Å²) in [6, 6.07) is 4.17. The maximum Gasteiger partial charge on any atom is 0.347 e. The predicted molar refractivity (Wildman–Crippen MR) is 62.9 cm³/mol. The number of hydrogen-bond acceptors (Lipinski definition) is 5. The van der Waals surface area contributed by atoms with Gasteiger partial charge >= 0.3 is 5.00 Å². The van der Waals surface area contributed by atoms with Gasteiger partial charge < -0.3 is 4.74 Å². The second kappa shape index (κ2) is 4.76. The zero-order chi connectivity index (χ0) is 12.4. The number of nitro groups is 1. The van der Waals surface area contributed by atoms with Gasteiger partial charge in [0, 0.05) is 6.07 Å². The quantitative estimate of drug-likeness (QED) is 0.638. The Kier molecular flexibility index (Phi) is 3.34. The molecule has 2 aromatic rings. The molecule has 0 amide bonds. The molecule has 2 rings (SSSR count). The van der Waals surface area contributed by atoms with Crippen LogP contribution in [0.25, 0.3) is 0 Å². The van der Waals surface area contributed by atoms with Gasteiger partial charge in [-0.25, -0.2) is 9.37 Å². The lowest BCUT2D eigenvalue weighted by Gasteiger charge is -2.01. The fourth-order valence-corrected chi connectivity index (χ4v) is 1.87. The Bertz CT molecular complexity index is 575. The monoisotopic (exact) mass is 318 g/mol. The number of nitrogens with zero attached hydrogens (tertiary/aromatic N) is 2. The molecule has 1 aromatic carbocycles. The highest BCUT2D eigenvalue weighted by Gasteiger charge is 2.13. The summed E-state index contributed by atoms with van der Waals surface area (Å²) in [5, 5.41) is 10.4. The van der Waals surface area contributed by atoms with Crippen molar-refractivity contribution in [3.05, 3.63) is 44.8 Å². The van der Waals surface area contributed by atoms with Crippen molar-refractivity contribution in [2.75, 3.05) is 0 Å². The minimum atomic E-state index is -0.563. The molecule has 0 atom stereocenters. The first-order valence-corrected chi connectivity index (χ1v) is 5.90. The van der Waals surface area contributed by atoms with E-state index in [9.17, 15) is 14.5 Å². The molecule has 0 unspecified atom stereocenters. The Balaban J connectivity index is 2.19. The lowest BCUT2D eigenvalue weighted by atomic mass is 10.3. The van der Waals surface area contributed by atoms with Crippen LogP contribution in [0.1, 0.15) is 0 Å². The summed E-state index contributed by atoms with van der Waals surface area (Å²) >= 11 is 3.78. The highest BCUT2D eigenvalue weighted by Crippen LogP contribution is 2.31. The first kappa shape index (κ1) is 11.9. The van der Waals surface area contributed by atoms with E-state index in [2.05, 4.69) is 20.9 Å². The third kappa shape index (κ3) is 2.77. The summed E-state index contributed by atoms with van der Waals surface area (Å²) in [6.07, 6.45) is 1.09. The minimum absolute atomic E-state index is 0.0958. The average molecular weight is 319 g/mol. The molecule has 0 fully saturated rings. The molecule has 0 aliphatic carbocycles. The fourth-order valence-electron chi connectivity index (χ4n) is 1.02. The van der Waals surface area contributed by atoms with Gasteiger partial charge in [-0.1, -0.05) is 0 Å². The van der Waals surface area contributed by atoms with Crippen LogP contribution >= 0.6 is 27.3 Å². The molecule has 0 radical (unpaired) electrons. The Morgan fingerprint density at radius 2 is 2.29 bits per heavy atom. The summed E-state index contributed by atoms with van der Waals surface area (Å²) < 4.78 is 18.7. The van der Waals surface area contributed by atoms with Gasteiger partial charge in [0.25, 0.3) is 5.19 Å². The Morgan fingerprint density at radius 1 is 1.53 bits per heavy atom. The molecule has 88 valence electrons. The molecule has 8 heteroatoms. The molecule has 0 bridgehead atoms. The average Bonchev–Trinajstić information content (AvgIpc) is 2.72. The summed E-state index contributed by atoms with van der Waals surface area (Å²) in [4.78, 5) is 13.6. The van der Waals surface area contributed by atoms with Gasteiger partial charge in [0.15, 0.2) is 0 Å². The van der Waals surface area contributed by atoms with Crippen LogP contribution in [-0.4, -0.2) is 9.91 Å². The van der Waals surface area contributed by atoms with Crippen LogP contribution in [0.15, 0.2) is 28.9 Å². The van der Waals surface area contributed by atoms with Crippen molar-refractivity contribution in [2.24, 2.45) is 0 Å². The highest BCUT2D eigenvalue weighted by molar-refractivity contribution is 9.10. The number of aromatic nitrogens is 1. The molecule has 5 nitrogen and oxygen atoms in total. The van der Waals surface area contributed by atoms with Crippen LogP contribution in [-0.2, 0) is 0 Å². The van der Waals surface area contributed by atoms with Crippen LogP contribution in [0.2, 0.25) is 0 Å². The zero-order valence-corrected chi connectivity index (χ0v) is 10.5. The Labute approximate surface area is 107 Å². The van der Waals surface area contributed by atoms with Crippen molar-refractivity contribution in [3.63, 3.8) is 0 Å². The van der Waals surface area contributed by atoms with Crippen molar-refractivity contribution in [2.45, 2.75) is 0 Å². The number of ether oxygens (including phenoxy) is 1. The van der Waals surface area contributed by atoms with Crippen molar-refractivity contribution < 1.29 is 14.1 Å². The lowest BCUT2D eigenvalue weighted by Crippen LogP contribution is -1.84. The minimum Gasteiger partial charge on any atom is -0.431 e. The zero-order valence-electron chi connectivity index (χ0n) is 8.09. The molecule has 0 aliphatic heterocycles. The first-order valence-electron chi connectivity index (χ1n) is 4.29. The maximum atomic E-state index is 13.2. The number of hydrogen-bond donors (Lipinski definition) is 0. The van der Waals surface area contributed by atoms with Crippen LogP contribution in [0.4, 0.5) is 9.39 Å². The van der Waals surface area contributed by atoms with Gasteiger partial charge in [0.1, 0.15) is 17.8 Å². The van der Waals surface area contributed by atoms with Crippen LogP contribution in [0, 0.1) is 15.9 Å². The molecule has 17 heavy (non-hydrogen) atoms. The summed E-state index contributed by atoms with van der Waals surface area (Å²) in [5.41, 5.74) is 0. The van der Waals surface area contributed by atoms with E-state index >= 15 is 0 Å². The van der Waals surface area contributed by atoms with E-state index in [1.807, 2.05) is 0 Å². The van der Waals surface area contributed by atoms with E-state index in [1.54, 1.807) is 0 Å². The molecule has 0 N–H and O–H groups in total. The van der Waals surface area contributed by atoms with Crippen molar-refractivity contribution >= 4 is 32.3 Å². The van der Waals surface area contributed by atoms with Gasteiger partial charge in [-0.2, -0.15) is 0 Å². The summed E-state index contributed by atoms with van der Waals surface area (Å²) in [7, 11) is 0. The molecule has 1 aromatic heterocycles. The van der Waals surface area contributed by atoms with E-state index in [0.717, 1.165) is 23.6 Å². The number of rotatable bonds is 3. The molecular weight excluding hydrogens is 315 g/mol. The highest BCUT2D eigenvalue weighted by atomic mass is 79.9. The van der Waals surface area contributed by atoms with E-state index in [4.69, 9.17) is 4.74 Å². The van der Waals surface area contributed by atoms with Crippen LogP contribution in [0.5, 0.6) is 10.9 Å². The van der Waals surface area contributed by atoms with E-state index in [0.29, 0.717) is 4.47 Å². The second-order valence-corrected chi connectivity index (χ2v) is 4.73. The topological polar surface area (TPSA) is 65.3 Å². The van der Waals surface area contributed by atoms with Gasteiger partial charge in [0.2, 0.25) is 0 Å². The van der Waals surface area contributed by atoms with Crippen molar-refractivity contribution in [1.29, 1.82) is 0 Å². The molecule has 1 heterocycles. The SMILES string of the molecule is O=[N+]([O-])c1cnc(Oc2ccc(Br)c(F)c2)s1. The normalized spacial score (nSPS) is 10.2. The Hall–Kier alpha value is -1.54. The molecule has 0 saturated carbocycles. The van der Waals surface area contributed by atoms with Gasteiger partial charge in [0.05, 0.1) is 9.40 Å². The molecule has 0 saturated heterocycles. The number of benzene rings is 1. The number of halogens is 2. The lowest BCUT2D eigenvalue weighted by molar-refractivity contribution is -0.380. The van der Waals surface area contributed by atoms with Gasteiger partial charge in [-0.3, -0.25) is 10.1 Å². The standard InChI is InChI=1S/C9H4BrFN2O3S/c10-6-2-1-5(3-7(6)11)16-9-12-4-8(17-9)13(14)15/h1-4H. The van der Waals surface area contributed by atoms with Gasteiger partial charge in [-0.15, -0.1) is 0 Å². The van der Waals surface area contributed by atoms with Crippen molar-refractivity contribution in [1.82, 2.24) is 4.98 Å². The third-order valence-corrected chi connectivity index (χ3v) is 3.22. The molecule has 0 aliphatic rings. The van der Waals surface area contributed by atoms with E-state index in [-0.39, 0.29) is 15.9 Å². The molecule has 0 spiro atoms. The van der Waals surface area contributed by atoms with Crippen LogP contribution in [0.3, 0.4) is 0 Å². The fraction of sp³-hybridized carbons (Fsp3) is 0. The number of thiazole rings is 1. The second-order valence-electron chi connectivity index (χ2n) is 2.90. The smallest absolute Gasteiger partial charge is 0.347 e. The summed E-state index contributed by atoms with van der Waals surface area (Å²) in [6.45, 7) is 0. The predicted octanol–water partition coefficient (Wildman–Crippen LogP) is 3.75. The van der Waals surface area contributed by atoms with Gasteiger partial charge in [-0.05, 0) is 39.4 Å².